The van der Waals surface area contributed by atoms with Gasteiger partial charge < -0.3 is 0 Å². The molecule has 0 amide bonds. The molecule has 0 aromatic rings. The molecular formula is C12H22O. The molecule has 1 rings (SSSR count). The molecule has 0 atom stereocenters. The molecule has 13 heavy (non-hydrogen) atoms. The highest BCUT2D eigenvalue weighted by atomic mass is 16.1. The number of ketones is 1. The monoisotopic (exact) mass is 182 g/mol. The van der Waals surface area contributed by atoms with Gasteiger partial charge in [-0.1, -0.05) is 34.1 Å². The fraction of sp³-hybridized carbons (Fsp3) is 0.917. The summed E-state index contributed by atoms with van der Waals surface area (Å²) in [5.74, 6) is 0.456. The van der Waals surface area contributed by atoms with Gasteiger partial charge in [0.15, 0.2) is 0 Å². The third-order valence-electron chi connectivity index (χ3n) is 3.98. The minimum Gasteiger partial charge on any atom is -0.300 e. The average molecular weight is 182 g/mol. The van der Waals surface area contributed by atoms with Gasteiger partial charge in [-0.3, -0.25) is 4.79 Å². The van der Waals surface area contributed by atoms with Crippen molar-refractivity contribution in [1.29, 1.82) is 0 Å². The molecule has 0 aromatic heterocycles. The van der Waals surface area contributed by atoms with E-state index in [0.29, 0.717) is 11.2 Å². The van der Waals surface area contributed by atoms with Crippen LogP contribution in [0.25, 0.3) is 0 Å². The zero-order valence-electron chi connectivity index (χ0n) is 9.44. The second-order valence-electron chi connectivity index (χ2n) is 5.69. The van der Waals surface area contributed by atoms with Crippen LogP contribution in [0.5, 0.6) is 0 Å². The first-order valence-corrected chi connectivity index (χ1v) is 5.37. The van der Waals surface area contributed by atoms with Crippen LogP contribution in [-0.4, -0.2) is 5.78 Å². The Balaban J connectivity index is 2.80. The smallest absolute Gasteiger partial charge is 0.133 e. The van der Waals surface area contributed by atoms with Crippen LogP contribution in [-0.2, 0) is 4.79 Å². The second kappa shape index (κ2) is 3.43. The highest BCUT2D eigenvalue weighted by Gasteiger charge is 2.38. The quantitative estimate of drug-likeness (QED) is 0.559. The van der Waals surface area contributed by atoms with E-state index in [-0.39, 0.29) is 5.41 Å². The molecule has 0 N–H and O–H groups in total. The predicted molar refractivity (Wildman–Crippen MR) is 55.7 cm³/mol. The summed E-state index contributed by atoms with van der Waals surface area (Å²) >= 11 is 0. The summed E-state index contributed by atoms with van der Waals surface area (Å²) in [4.78, 5) is 11.5. The maximum absolute atomic E-state index is 11.5. The fourth-order valence-electron chi connectivity index (χ4n) is 2.05. The Kier molecular flexibility index (Phi) is 2.84. The van der Waals surface area contributed by atoms with Gasteiger partial charge in [-0.15, -0.1) is 0 Å². The van der Waals surface area contributed by atoms with Crippen LogP contribution in [0, 0.1) is 10.8 Å². The van der Waals surface area contributed by atoms with Crippen molar-refractivity contribution in [3.8, 4) is 0 Å². The molecule has 0 radical (unpaired) electrons. The van der Waals surface area contributed by atoms with Crippen molar-refractivity contribution in [2.24, 2.45) is 10.8 Å². The first kappa shape index (κ1) is 10.7. The Morgan fingerprint density at radius 3 is 2.23 bits per heavy atom. The van der Waals surface area contributed by atoms with Crippen molar-refractivity contribution in [3.05, 3.63) is 0 Å². The third kappa shape index (κ3) is 2.32. The van der Waals surface area contributed by atoms with Crippen molar-refractivity contribution >= 4 is 5.78 Å². The Morgan fingerprint density at radius 2 is 1.62 bits per heavy atom. The van der Waals surface area contributed by atoms with Crippen LogP contribution in [0.2, 0.25) is 0 Å². The lowest BCUT2D eigenvalue weighted by atomic mass is 9.62. The summed E-state index contributed by atoms with van der Waals surface area (Å²) in [6, 6.07) is 0. The maximum Gasteiger partial charge on any atom is 0.133 e. The molecular weight excluding hydrogens is 160 g/mol. The van der Waals surface area contributed by atoms with Crippen molar-refractivity contribution < 1.29 is 4.79 Å². The van der Waals surface area contributed by atoms with Gasteiger partial charge in [-0.2, -0.15) is 0 Å². The van der Waals surface area contributed by atoms with Gasteiger partial charge in [0.1, 0.15) is 5.78 Å². The highest BCUT2D eigenvalue weighted by Crippen LogP contribution is 2.46. The molecule has 1 nitrogen and oxygen atoms in total. The summed E-state index contributed by atoms with van der Waals surface area (Å²) in [6.07, 6.45) is 5.13. The first-order chi connectivity index (χ1) is 5.85. The van der Waals surface area contributed by atoms with Gasteiger partial charge in [0.05, 0.1) is 0 Å². The van der Waals surface area contributed by atoms with Crippen molar-refractivity contribution in [2.45, 2.75) is 59.8 Å². The third-order valence-corrected chi connectivity index (χ3v) is 3.98. The SMILES string of the molecule is CC1(C)CCCCC(=O)CC1(C)C. The van der Waals surface area contributed by atoms with Gasteiger partial charge in [-0.05, 0) is 23.7 Å². The zero-order chi connectivity index (χ0) is 10.1. The lowest BCUT2D eigenvalue weighted by molar-refractivity contribution is -0.123. The summed E-state index contributed by atoms with van der Waals surface area (Å²) < 4.78 is 0. The molecule has 76 valence electrons. The molecule has 1 fully saturated rings. The van der Waals surface area contributed by atoms with E-state index < -0.39 is 0 Å². The van der Waals surface area contributed by atoms with Gasteiger partial charge >= 0.3 is 0 Å². The fourth-order valence-corrected chi connectivity index (χ4v) is 2.05. The van der Waals surface area contributed by atoms with Crippen LogP contribution in [0.4, 0.5) is 0 Å². The van der Waals surface area contributed by atoms with Crippen LogP contribution < -0.4 is 0 Å². The van der Waals surface area contributed by atoms with Gasteiger partial charge in [0, 0.05) is 12.8 Å². The molecule has 0 aliphatic heterocycles. The molecule has 0 unspecified atom stereocenters. The number of hydrogen-bond acceptors (Lipinski definition) is 1. The standard InChI is InChI=1S/C12H22O/c1-11(2)8-6-5-7-10(13)9-12(11,3)4/h5-9H2,1-4H3. The lowest BCUT2D eigenvalue weighted by Gasteiger charge is -2.43. The van der Waals surface area contributed by atoms with E-state index in [0.717, 1.165) is 19.3 Å². The molecule has 0 heterocycles. The Morgan fingerprint density at radius 1 is 1.00 bits per heavy atom. The van der Waals surface area contributed by atoms with Crippen LogP contribution in [0.3, 0.4) is 0 Å². The topological polar surface area (TPSA) is 17.1 Å². The summed E-state index contributed by atoms with van der Waals surface area (Å²) in [6.45, 7) is 9.06. The second-order valence-corrected chi connectivity index (χ2v) is 5.69. The average Bonchev–Trinajstić information content (AvgIpc) is 1.95. The molecule has 0 spiro atoms. The normalized spacial score (nSPS) is 27.8. The summed E-state index contributed by atoms with van der Waals surface area (Å²) in [7, 11) is 0. The van der Waals surface area contributed by atoms with Gasteiger partial charge in [-0.25, -0.2) is 0 Å². The van der Waals surface area contributed by atoms with Crippen molar-refractivity contribution in [1.82, 2.24) is 0 Å². The minimum atomic E-state index is 0.171. The van der Waals surface area contributed by atoms with E-state index in [4.69, 9.17) is 0 Å². The molecule has 0 aromatic carbocycles. The van der Waals surface area contributed by atoms with Crippen molar-refractivity contribution in [3.63, 3.8) is 0 Å². The zero-order valence-corrected chi connectivity index (χ0v) is 9.44. The number of rotatable bonds is 0. The van der Waals surface area contributed by atoms with E-state index >= 15 is 0 Å². The molecule has 1 heteroatoms. The largest absolute Gasteiger partial charge is 0.300 e. The van der Waals surface area contributed by atoms with Gasteiger partial charge in [0.25, 0.3) is 0 Å². The first-order valence-electron chi connectivity index (χ1n) is 5.37. The predicted octanol–water partition coefficient (Wildman–Crippen LogP) is 3.57. The van der Waals surface area contributed by atoms with Gasteiger partial charge in [0.2, 0.25) is 0 Å². The van der Waals surface area contributed by atoms with E-state index in [1.165, 1.54) is 12.8 Å². The highest BCUT2D eigenvalue weighted by molar-refractivity contribution is 5.79. The maximum atomic E-state index is 11.5. The summed E-state index contributed by atoms with van der Waals surface area (Å²) in [5.41, 5.74) is 0.480. The number of carbonyl (C=O) groups excluding carboxylic acids is 1. The lowest BCUT2D eigenvalue weighted by Crippen LogP contribution is -2.35. The minimum absolute atomic E-state index is 0.171. The number of Topliss-reactive ketones (excluding diaryl/α,β-unsaturated/α-hetero) is 1. The molecule has 1 aliphatic rings. The van der Waals surface area contributed by atoms with Crippen LogP contribution in [0.1, 0.15) is 59.8 Å². The Labute approximate surface area is 81.9 Å². The molecule has 0 bridgehead atoms. The van der Waals surface area contributed by atoms with E-state index in [1.807, 2.05) is 0 Å². The Bertz CT molecular complexity index is 201. The number of hydrogen-bond donors (Lipinski definition) is 0. The van der Waals surface area contributed by atoms with Crippen LogP contribution in [0.15, 0.2) is 0 Å². The van der Waals surface area contributed by atoms with E-state index in [9.17, 15) is 4.79 Å². The number of carbonyl (C=O) groups is 1. The van der Waals surface area contributed by atoms with Crippen LogP contribution >= 0.6 is 0 Å². The van der Waals surface area contributed by atoms with E-state index in [2.05, 4.69) is 27.7 Å². The molecule has 0 saturated heterocycles. The Hall–Kier alpha value is -0.330. The van der Waals surface area contributed by atoms with E-state index in [1.54, 1.807) is 0 Å². The van der Waals surface area contributed by atoms with Crippen molar-refractivity contribution in [2.75, 3.05) is 0 Å². The molecule has 1 aliphatic carbocycles. The summed E-state index contributed by atoms with van der Waals surface area (Å²) in [5, 5.41) is 0. The molecule has 1 saturated carbocycles.